The smallest absolute Gasteiger partial charge is 0.337 e. The molecule has 12 heteroatoms. The highest BCUT2D eigenvalue weighted by molar-refractivity contribution is 6.00. The average Bonchev–Trinajstić information content (AvgIpc) is 3.42. The quantitative estimate of drug-likeness (QED) is 0.470. The number of methoxy groups -OCH3 is 1. The summed E-state index contributed by atoms with van der Waals surface area (Å²) in [7, 11) is 1.13. The number of nitrogens with zero attached hydrogens (tertiary/aromatic N) is 2. The summed E-state index contributed by atoms with van der Waals surface area (Å²) in [4.78, 5) is 41.8. The number of ether oxygens (including phenoxy) is 1. The Morgan fingerprint density at radius 1 is 1.05 bits per heavy atom. The van der Waals surface area contributed by atoms with Crippen molar-refractivity contribution in [2.24, 2.45) is 0 Å². The van der Waals surface area contributed by atoms with Crippen LogP contribution in [-0.2, 0) is 15.1 Å². The zero-order valence-electron chi connectivity index (χ0n) is 22.4. The molecule has 2 aliphatic heterocycles. The SMILES string of the molecule is COC(=O)C1=CNC(=O)N(C(=O)NC2CCN(C3CCC(O)(c4ccc(F)cc4)CC3)C2)C1c1ccc(F)c(F)c1. The van der Waals surface area contributed by atoms with Crippen molar-refractivity contribution >= 4 is 18.0 Å². The number of hydrogen-bond donors (Lipinski definition) is 3. The van der Waals surface area contributed by atoms with Crippen molar-refractivity contribution in [3.05, 3.63) is 82.8 Å². The molecule has 2 aromatic carbocycles. The van der Waals surface area contributed by atoms with E-state index in [2.05, 4.69) is 15.5 Å². The number of carbonyl (C=O) groups excluding carboxylic acids is 3. The Labute approximate surface area is 234 Å². The molecule has 41 heavy (non-hydrogen) atoms. The highest BCUT2D eigenvalue weighted by Gasteiger charge is 2.42. The first-order chi connectivity index (χ1) is 19.6. The number of esters is 1. The molecular formula is C29H31F3N4O5. The van der Waals surface area contributed by atoms with Gasteiger partial charge in [0.15, 0.2) is 11.6 Å². The molecule has 2 heterocycles. The number of halogens is 3. The van der Waals surface area contributed by atoms with Crippen LogP contribution in [0.4, 0.5) is 22.8 Å². The van der Waals surface area contributed by atoms with Crippen molar-refractivity contribution in [3.8, 4) is 0 Å². The highest BCUT2D eigenvalue weighted by Crippen LogP contribution is 2.39. The number of amides is 4. The Morgan fingerprint density at radius 3 is 2.41 bits per heavy atom. The molecule has 9 nitrogen and oxygen atoms in total. The van der Waals surface area contributed by atoms with E-state index in [1.54, 1.807) is 12.1 Å². The maximum Gasteiger partial charge on any atom is 0.337 e. The molecule has 4 amide bonds. The molecule has 1 saturated heterocycles. The first kappa shape index (κ1) is 28.6. The summed E-state index contributed by atoms with van der Waals surface area (Å²) in [5.74, 6) is -3.50. The van der Waals surface area contributed by atoms with Crippen LogP contribution in [-0.4, -0.2) is 65.2 Å². The third-order valence-corrected chi connectivity index (χ3v) is 8.25. The van der Waals surface area contributed by atoms with E-state index in [0.29, 0.717) is 50.8 Å². The topological polar surface area (TPSA) is 111 Å². The fourth-order valence-corrected chi connectivity index (χ4v) is 6.03. The van der Waals surface area contributed by atoms with Gasteiger partial charge >= 0.3 is 18.0 Å². The van der Waals surface area contributed by atoms with Gasteiger partial charge in [0.25, 0.3) is 0 Å². The Kier molecular flexibility index (Phi) is 8.05. The normalized spacial score (nSPS) is 26.8. The van der Waals surface area contributed by atoms with Gasteiger partial charge < -0.3 is 20.5 Å². The van der Waals surface area contributed by atoms with Crippen molar-refractivity contribution in [2.45, 2.75) is 55.8 Å². The lowest BCUT2D eigenvalue weighted by atomic mass is 9.77. The standard InChI is InChI=1S/C29H31F3N4O5/c1-41-26(37)22-15-33-27(38)36(25(22)17-2-7-23(31)24(32)14-17)28(39)34-20-10-13-35(16-20)21-8-11-29(40,12-9-21)18-3-5-19(30)6-4-18/h2-7,14-15,20-21,25,40H,8-13,16H2,1H3,(H,33,38)(H,34,39). The van der Waals surface area contributed by atoms with E-state index in [4.69, 9.17) is 4.74 Å². The summed E-state index contributed by atoms with van der Waals surface area (Å²) in [5.41, 5.74) is -0.426. The Hall–Kier alpha value is -3.90. The molecule has 2 atom stereocenters. The summed E-state index contributed by atoms with van der Waals surface area (Å²) in [6.45, 7) is 1.20. The van der Waals surface area contributed by atoms with E-state index in [0.717, 1.165) is 30.3 Å². The highest BCUT2D eigenvalue weighted by atomic mass is 19.2. The average molecular weight is 573 g/mol. The molecule has 1 saturated carbocycles. The van der Waals surface area contributed by atoms with E-state index in [9.17, 15) is 32.7 Å². The van der Waals surface area contributed by atoms with Crippen LogP contribution in [0.1, 0.15) is 49.3 Å². The molecule has 3 aliphatic rings. The van der Waals surface area contributed by atoms with E-state index in [-0.39, 0.29) is 29.0 Å². The van der Waals surface area contributed by atoms with Crippen molar-refractivity contribution in [1.29, 1.82) is 0 Å². The lowest BCUT2D eigenvalue weighted by Crippen LogP contribution is -2.55. The van der Waals surface area contributed by atoms with Crippen LogP contribution in [0.5, 0.6) is 0 Å². The molecule has 3 N–H and O–H groups in total. The maximum atomic E-state index is 14.1. The largest absolute Gasteiger partial charge is 0.466 e. The summed E-state index contributed by atoms with van der Waals surface area (Å²) < 4.78 is 45.9. The van der Waals surface area contributed by atoms with Gasteiger partial charge in [-0.25, -0.2) is 32.5 Å². The summed E-state index contributed by atoms with van der Waals surface area (Å²) >= 11 is 0. The summed E-state index contributed by atoms with van der Waals surface area (Å²) in [5, 5.41) is 16.3. The Balaban J connectivity index is 1.25. The Bertz CT molecular complexity index is 1360. The molecule has 2 aromatic rings. The predicted octanol–water partition coefficient (Wildman–Crippen LogP) is 3.84. The second kappa shape index (κ2) is 11.5. The van der Waals surface area contributed by atoms with Crippen LogP contribution in [0.25, 0.3) is 0 Å². The van der Waals surface area contributed by atoms with Gasteiger partial charge in [0.2, 0.25) is 0 Å². The van der Waals surface area contributed by atoms with Crippen molar-refractivity contribution in [3.63, 3.8) is 0 Å². The van der Waals surface area contributed by atoms with Gasteiger partial charge in [-0.05, 0) is 67.5 Å². The number of urea groups is 2. The number of rotatable bonds is 5. The fraction of sp³-hybridized carbons (Fsp3) is 0.414. The summed E-state index contributed by atoms with van der Waals surface area (Å²) in [6, 6.07) is 5.70. The molecule has 2 unspecified atom stereocenters. The lowest BCUT2D eigenvalue weighted by Gasteiger charge is -2.40. The van der Waals surface area contributed by atoms with Crippen LogP contribution in [0.3, 0.4) is 0 Å². The van der Waals surface area contributed by atoms with Gasteiger partial charge in [-0.15, -0.1) is 0 Å². The van der Waals surface area contributed by atoms with E-state index < -0.39 is 41.3 Å². The van der Waals surface area contributed by atoms with E-state index >= 15 is 0 Å². The molecule has 0 bridgehead atoms. The van der Waals surface area contributed by atoms with Gasteiger partial charge in [-0.1, -0.05) is 18.2 Å². The minimum Gasteiger partial charge on any atom is -0.466 e. The van der Waals surface area contributed by atoms with Gasteiger partial charge in [0, 0.05) is 31.4 Å². The number of likely N-dealkylation sites (tertiary alicyclic amines) is 1. The molecular weight excluding hydrogens is 541 g/mol. The van der Waals surface area contributed by atoms with E-state index in [1.807, 2.05) is 0 Å². The van der Waals surface area contributed by atoms with Gasteiger partial charge in [-0.3, -0.25) is 4.90 Å². The van der Waals surface area contributed by atoms with Crippen LogP contribution in [0.15, 0.2) is 54.2 Å². The number of imide groups is 1. The molecule has 1 aliphatic carbocycles. The van der Waals surface area contributed by atoms with Crippen molar-refractivity contribution in [1.82, 2.24) is 20.4 Å². The molecule has 218 valence electrons. The number of aliphatic hydroxyl groups is 1. The van der Waals surface area contributed by atoms with Crippen LogP contribution < -0.4 is 10.6 Å². The van der Waals surface area contributed by atoms with Crippen LogP contribution in [0, 0.1) is 17.5 Å². The number of carbonyl (C=O) groups is 3. The van der Waals surface area contributed by atoms with Gasteiger partial charge in [-0.2, -0.15) is 0 Å². The van der Waals surface area contributed by atoms with Crippen LogP contribution in [0.2, 0.25) is 0 Å². The van der Waals surface area contributed by atoms with Crippen molar-refractivity contribution in [2.75, 3.05) is 20.2 Å². The lowest BCUT2D eigenvalue weighted by molar-refractivity contribution is -0.136. The third kappa shape index (κ3) is 5.80. The molecule has 0 radical (unpaired) electrons. The van der Waals surface area contributed by atoms with E-state index in [1.165, 1.54) is 18.2 Å². The summed E-state index contributed by atoms with van der Waals surface area (Å²) in [6.07, 6.45) is 4.17. The Morgan fingerprint density at radius 2 is 1.76 bits per heavy atom. The second-order valence-corrected chi connectivity index (χ2v) is 10.7. The molecule has 0 aromatic heterocycles. The third-order valence-electron chi connectivity index (χ3n) is 8.25. The minimum absolute atomic E-state index is 0.0226. The fourth-order valence-electron chi connectivity index (χ4n) is 6.03. The number of hydrogen-bond acceptors (Lipinski definition) is 6. The number of nitrogens with one attached hydrogen (secondary N) is 2. The molecule has 5 rings (SSSR count). The zero-order chi connectivity index (χ0) is 29.3. The van der Waals surface area contributed by atoms with Crippen molar-refractivity contribution < 1.29 is 37.4 Å². The zero-order valence-corrected chi connectivity index (χ0v) is 22.4. The monoisotopic (exact) mass is 572 g/mol. The predicted molar refractivity (Wildman–Crippen MR) is 141 cm³/mol. The first-order valence-corrected chi connectivity index (χ1v) is 13.5. The molecule has 0 spiro atoms. The van der Waals surface area contributed by atoms with Gasteiger partial charge in [0.1, 0.15) is 11.9 Å². The number of benzene rings is 2. The molecule has 2 fully saturated rings. The minimum atomic E-state index is -1.34. The second-order valence-electron chi connectivity index (χ2n) is 10.7. The first-order valence-electron chi connectivity index (χ1n) is 13.5. The maximum absolute atomic E-state index is 14.1. The van der Waals surface area contributed by atoms with Crippen LogP contribution >= 0.6 is 0 Å². The van der Waals surface area contributed by atoms with Gasteiger partial charge in [0.05, 0.1) is 18.3 Å².